The highest BCUT2D eigenvalue weighted by molar-refractivity contribution is 6.31. The second-order valence-corrected chi connectivity index (χ2v) is 7.13. The first-order valence-corrected chi connectivity index (χ1v) is 9.28. The number of carbonyl (C=O) groups is 2. The molecule has 0 aromatic heterocycles. The molecule has 1 N–H and O–H groups in total. The topological polar surface area (TPSA) is 49.4 Å². The Kier molecular flexibility index (Phi) is 5.62. The number of aryl methyl sites for hydroxylation is 2. The van der Waals surface area contributed by atoms with Crippen LogP contribution in [-0.4, -0.2) is 23.3 Å². The van der Waals surface area contributed by atoms with Crippen LogP contribution in [0.25, 0.3) is 0 Å². The molecule has 0 radical (unpaired) electrons. The van der Waals surface area contributed by atoms with Crippen molar-refractivity contribution in [3.05, 3.63) is 64.2 Å². The van der Waals surface area contributed by atoms with E-state index in [0.717, 1.165) is 28.8 Å². The molecule has 1 aliphatic rings. The Morgan fingerprint density at radius 3 is 2.65 bits per heavy atom. The van der Waals surface area contributed by atoms with Gasteiger partial charge in [0.2, 0.25) is 11.8 Å². The standard InChI is InChI=1S/C21H23ClN2O2/c1-3-15-9-6-7-14(2)20(15)23-21(26)17-11-19(25)24(13-17)12-16-8-4-5-10-18(16)22/h4-10,17H,3,11-13H2,1-2H3,(H,23,26)/t17-/m0/s1. The van der Waals surface area contributed by atoms with E-state index in [9.17, 15) is 9.59 Å². The molecule has 4 nitrogen and oxygen atoms in total. The summed E-state index contributed by atoms with van der Waals surface area (Å²) in [4.78, 5) is 26.8. The summed E-state index contributed by atoms with van der Waals surface area (Å²) in [5, 5.41) is 3.68. The fourth-order valence-electron chi connectivity index (χ4n) is 3.36. The highest BCUT2D eigenvalue weighted by atomic mass is 35.5. The number of anilines is 1. The molecule has 0 spiro atoms. The van der Waals surface area contributed by atoms with Crippen molar-refractivity contribution in [2.45, 2.75) is 33.2 Å². The van der Waals surface area contributed by atoms with E-state index in [2.05, 4.69) is 12.2 Å². The number of rotatable bonds is 5. The lowest BCUT2D eigenvalue weighted by Crippen LogP contribution is -2.28. The van der Waals surface area contributed by atoms with Crippen LogP contribution in [0.15, 0.2) is 42.5 Å². The van der Waals surface area contributed by atoms with E-state index in [1.807, 2.05) is 49.4 Å². The second kappa shape index (κ2) is 7.92. The molecule has 136 valence electrons. The molecule has 0 unspecified atom stereocenters. The van der Waals surface area contributed by atoms with Gasteiger partial charge in [-0.25, -0.2) is 0 Å². The predicted octanol–water partition coefficient (Wildman–Crippen LogP) is 4.20. The number of hydrogen-bond acceptors (Lipinski definition) is 2. The summed E-state index contributed by atoms with van der Waals surface area (Å²) in [6.45, 7) is 4.91. The van der Waals surface area contributed by atoms with Crippen molar-refractivity contribution in [2.75, 3.05) is 11.9 Å². The van der Waals surface area contributed by atoms with Crippen LogP contribution in [0.4, 0.5) is 5.69 Å². The van der Waals surface area contributed by atoms with Gasteiger partial charge in [0, 0.05) is 30.2 Å². The van der Waals surface area contributed by atoms with E-state index in [1.54, 1.807) is 4.90 Å². The van der Waals surface area contributed by atoms with Gasteiger partial charge in [-0.1, -0.05) is 54.9 Å². The maximum absolute atomic E-state index is 12.7. The Labute approximate surface area is 159 Å². The normalized spacial score (nSPS) is 16.8. The molecule has 1 aliphatic heterocycles. The van der Waals surface area contributed by atoms with Gasteiger partial charge in [-0.2, -0.15) is 0 Å². The molecule has 26 heavy (non-hydrogen) atoms. The summed E-state index contributed by atoms with van der Waals surface area (Å²) in [5.74, 6) is -0.441. The van der Waals surface area contributed by atoms with Gasteiger partial charge in [-0.15, -0.1) is 0 Å². The van der Waals surface area contributed by atoms with Crippen molar-refractivity contribution in [3.8, 4) is 0 Å². The van der Waals surface area contributed by atoms with Gasteiger partial charge >= 0.3 is 0 Å². The van der Waals surface area contributed by atoms with E-state index in [4.69, 9.17) is 11.6 Å². The van der Waals surface area contributed by atoms with E-state index < -0.39 is 0 Å². The van der Waals surface area contributed by atoms with E-state index in [-0.39, 0.29) is 24.2 Å². The number of benzene rings is 2. The fraction of sp³-hybridized carbons (Fsp3) is 0.333. The zero-order valence-electron chi connectivity index (χ0n) is 15.1. The van der Waals surface area contributed by atoms with Gasteiger partial charge in [0.15, 0.2) is 0 Å². The highest BCUT2D eigenvalue weighted by Gasteiger charge is 2.34. The van der Waals surface area contributed by atoms with E-state index >= 15 is 0 Å². The third-order valence-electron chi connectivity index (χ3n) is 4.89. The molecule has 2 aromatic carbocycles. The molecule has 1 atom stereocenters. The van der Waals surface area contributed by atoms with Gasteiger partial charge in [-0.05, 0) is 36.1 Å². The fourth-order valence-corrected chi connectivity index (χ4v) is 3.56. The zero-order valence-corrected chi connectivity index (χ0v) is 15.8. The third-order valence-corrected chi connectivity index (χ3v) is 5.26. The lowest BCUT2D eigenvalue weighted by atomic mass is 10.0. The first-order chi connectivity index (χ1) is 12.5. The van der Waals surface area contributed by atoms with Crippen molar-refractivity contribution in [3.63, 3.8) is 0 Å². The first-order valence-electron chi connectivity index (χ1n) is 8.90. The summed E-state index contributed by atoms with van der Waals surface area (Å²) < 4.78 is 0. The first kappa shape index (κ1) is 18.5. The Morgan fingerprint density at radius 2 is 1.92 bits per heavy atom. The summed E-state index contributed by atoms with van der Waals surface area (Å²) in [7, 11) is 0. The summed E-state index contributed by atoms with van der Waals surface area (Å²) in [6, 6.07) is 13.5. The third kappa shape index (κ3) is 3.91. The summed E-state index contributed by atoms with van der Waals surface area (Å²) in [6.07, 6.45) is 1.09. The summed E-state index contributed by atoms with van der Waals surface area (Å²) in [5.41, 5.74) is 3.92. The van der Waals surface area contributed by atoms with Gasteiger partial charge < -0.3 is 10.2 Å². The maximum atomic E-state index is 12.7. The predicted molar refractivity (Wildman–Crippen MR) is 104 cm³/mol. The minimum atomic E-state index is -0.339. The molecule has 3 rings (SSSR count). The van der Waals surface area contributed by atoms with Crippen LogP contribution in [0, 0.1) is 12.8 Å². The molecule has 0 bridgehead atoms. The lowest BCUT2D eigenvalue weighted by Gasteiger charge is -2.18. The Hall–Kier alpha value is -2.33. The maximum Gasteiger partial charge on any atom is 0.229 e. The molecule has 5 heteroatoms. The Balaban J connectivity index is 1.69. The van der Waals surface area contributed by atoms with Crippen LogP contribution >= 0.6 is 11.6 Å². The average Bonchev–Trinajstić information content (AvgIpc) is 2.99. The number of hydrogen-bond donors (Lipinski definition) is 1. The van der Waals surface area contributed by atoms with E-state index in [0.29, 0.717) is 18.1 Å². The molecule has 0 aliphatic carbocycles. The van der Waals surface area contributed by atoms with Crippen LogP contribution < -0.4 is 5.32 Å². The van der Waals surface area contributed by atoms with Gasteiger partial charge in [-0.3, -0.25) is 9.59 Å². The van der Waals surface area contributed by atoms with Crippen LogP contribution in [0.5, 0.6) is 0 Å². The number of carbonyl (C=O) groups excluding carboxylic acids is 2. The summed E-state index contributed by atoms with van der Waals surface area (Å²) >= 11 is 6.19. The van der Waals surface area contributed by atoms with E-state index in [1.165, 1.54) is 0 Å². The quantitative estimate of drug-likeness (QED) is 0.857. The van der Waals surface area contributed by atoms with Crippen LogP contribution in [0.1, 0.15) is 30.0 Å². The SMILES string of the molecule is CCc1cccc(C)c1NC(=O)[C@H]1CC(=O)N(Cc2ccccc2Cl)C1. The van der Waals surface area contributed by atoms with Crippen molar-refractivity contribution >= 4 is 29.1 Å². The number of halogens is 1. The minimum absolute atomic E-state index is 0.00873. The molecule has 1 heterocycles. The second-order valence-electron chi connectivity index (χ2n) is 6.72. The van der Waals surface area contributed by atoms with Crippen LogP contribution in [-0.2, 0) is 22.6 Å². The van der Waals surface area contributed by atoms with Crippen LogP contribution in [0.2, 0.25) is 5.02 Å². The van der Waals surface area contributed by atoms with Crippen molar-refractivity contribution in [1.29, 1.82) is 0 Å². The number of nitrogens with one attached hydrogen (secondary N) is 1. The van der Waals surface area contributed by atoms with Crippen molar-refractivity contribution < 1.29 is 9.59 Å². The monoisotopic (exact) mass is 370 g/mol. The molecule has 2 amide bonds. The van der Waals surface area contributed by atoms with Crippen molar-refractivity contribution in [1.82, 2.24) is 4.90 Å². The minimum Gasteiger partial charge on any atom is -0.337 e. The Bertz CT molecular complexity index is 835. The molecule has 2 aromatic rings. The highest BCUT2D eigenvalue weighted by Crippen LogP contribution is 2.26. The Morgan fingerprint density at radius 1 is 1.19 bits per heavy atom. The van der Waals surface area contributed by atoms with Gasteiger partial charge in [0.05, 0.1) is 5.92 Å². The number of likely N-dealkylation sites (tertiary alicyclic amines) is 1. The average molecular weight is 371 g/mol. The molecule has 1 fully saturated rings. The number of nitrogens with zero attached hydrogens (tertiary/aromatic N) is 1. The number of para-hydroxylation sites is 1. The molecular formula is C21H23ClN2O2. The number of amides is 2. The molecule has 1 saturated heterocycles. The van der Waals surface area contributed by atoms with Crippen molar-refractivity contribution in [2.24, 2.45) is 5.92 Å². The smallest absolute Gasteiger partial charge is 0.229 e. The molecule has 0 saturated carbocycles. The lowest BCUT2D eigenvalue weighted by molar-refractivity contribution is -0.128. The largest absolute Gasteiger partial charge is 0.337 e. The van der Waals surface area contributed by atoms with Crippen LogP contribution in [0.3, 0.4) is 0 Å². The van der Waals surface area contributed by atoms with Gasteiger partial charge in [0.25, 0.3) is 0 Å². The molecular weight excluding hydrogens is 348 g/mol. The van der Waals surface area contributed by atoms with Gasteiger partial charge in [0.1, 0.15) is 0 Å². The zero-order chi connectivity index (χ0) is 18.7.